The van der Waals surface area contributed by atoms with E-state index in [-0.39, 0.29) is 0 Å². The summed E-state index contributed by atoms with van der Waals surface area (Å²) in [6.07, 6.45) is 1.84. The van der Waals surface area contributed by atoms with Crippen molar-refractivity contribution < 1.29 is 0 Å². The summed E-state index contributed by atoms with van der Waals surface area (Å²) < 4.78 is 0. The summed E-state index contributed by atoms with van der Waals surface area (Å²) in [7, 11) is 0. The molecule has 0 N–H and O–H groups in total. The molecule has 2 aromatic rings. The number of hydrogen-bond acceptors (Lipinski definition) is 0. The zero-order valence-corrected chi connectivity index (χ0v) is 6.75. The van der Waals surface area contributed by atoms with Crippen molar-refractivity contribution in [2.45, 2.75) is 0 Å². The van der Waals surface area contributed by atoms with Crippen molar-refractivity contribution in [2.24, 2.45) is 0 Å². The van der Waals surface area contributed by atoms with Gasteiger partial charge in [-0.15, -0.1) is 0 Å². The molecule has 0 saturated heterocycles. The van der Waals surface area contributed by atoms with Crippen LogP contribution in [-0.4, -0.2) is 0 Å². The minimum Gasteiger partial charge on any atom is -0.0985 e. The van der Waals surface area contributed by atoms with Gasteiger partial charge in [0.05, 0.1) is 0 Å². The maximum absolute atomic E-state index is 3.72. The number of fused-ring (bicyclic) bond motifs is 1. The van der Waals surface area contributed by atoms with E-state index in [2.05, 4.69) is 30.8 Å². The van der Waals surface area contributed by atoms with E-state index in [1.807, 2.05) is 24.3 Å². The topological polar surface area (TPSA) is 0 Å². The summed E-state index contributed by atoms with van der Waals surface area (Å²) in [5.41, 5.74) is 1.12. The smallest absolute Gasteiger partial charge is 0.00930 e. The molecule has 0 aromatic heterocycles. The largest absolute Gasteiger partial charge is 0.0985 e. The Labute approximate surface area is 72.2 Å². The Morgan fingerprint density at radius 1 is 1.25 bits per heavy atom. The minimum atomic E-state index is 1.12. The van der Waals surface area contributed by atoms with Crippen LogP contribution in [0.2, 0.25) is 0 Å². The van der Waals surface area contributed by atoms with E-state index in [4.69, 9.17) is 0 Å². The van der Waals surface area contributed by atoms with Crippen LogP contribution in [0.1, 0.15) is 5.56 Å². The number of benzene rings is 2. The summed E-state index contributed by atoms with van der Waals surface area (Å²) >= 11 is 0. The van der Waals surface area contributed by atoms with Crippen LogP contribution in [0.25, 0.3) is 16.8 Å². The average molecular weight is 153 g/mol. The molecule has 12 heavy (non-hydrogen) atoms. The fourth-order valence-corrected chi connectivity index (χ4v) is 1.25. The molecule has 0 bridgehead atoms. The summed E-state index contributed by atoms with van der Waals surface area (Å²) in [5, 5.41) is 2.37. The lowest BCUT2D eigenvalue weighted by Gasteiger charge is -1.97. The van der Waals surface area contributed by atoms with Crippen LogP contribution in [0.5, 0.6) is 0 Å². The van der Waals surface area contributed by atoms with Gasteiger partial charge in [-0.3, -0.25) is 0 Å². The van der Waals surface area contributed by atoms with Crippen LogP contribution in [0.3, 0.4) is 0 Å². The Kier molecular flexibility index (Phi) is 1.67. The molecule has 1 radical (unpaired) electrons. The molecule has 0 amide bonds. The molecule has 0 unspecified atom stereocenters. The van der Waals surface area contributed by atoms with Crippen molar-refractivity contribution in [1.29, 1.82) is 0 Å². The molecule has 2 aromatic carbocycles. The number of hydrogen-bond donors (Lipinski definition) is 0. The van der Waals surface area contributed by atoms with Crippen LogP contribution in [-0.2, 0) is 0 Å². The van der Waals surface area contributed by atoms with E-state index in [1.165, 1.54) is 5.39 Å². The van der Waals surface area contributed by atoms with Gasteiger partial charge in [-0.05, 0) is 34.5 Å². The van der Waals surface area contributed by atoms with Crippen LogP contribution in [0.4, 0.5) is 0 Å². The maximum Gasteiger partial charge on any atom is -0.00930 e. The van der Waals surface area contributed by atoms with Crippen LogP contribution in [0.15, 0.2) is 43.0 Å². The van der Waals surface area contributed by atoms with E-state index in [9.17, 15) is 0 Å². The number of rotatable bonds is 1. The summed E-state index contributed by atoms with van der Waals surface area (Å²) in [5.74, 6) is 0. The molecule has 0 aliphatic rings. The molecular formula is C12H9. The van der Waals surface area contributed by atoms with Crippen LogP contribution in [0, 0.1) is 6.07 Å². The lowest BCUT2D eigenvalue weighted by Crippen LogP contribution is -1.74. The van der Waals surface area contributed by atoms with Gasteiger partial charge >= 0.3 is 0 Å². The first kappa shape index (κ1) is 7.11. The van der Waals surface area contributed by atoms with E-state index in [0.717, 1.165) is 10.9 Å². The summed E-state index contributed by atoms with van der Waals surface area (Å²) in [6.45, 7) is 3.72. The van der Waals surface area contributed by atoms with Gasteiger partial charge in [-0.2, -0.15) is 0 Å². The fraction of sp³-hybridized carbons (Fsp3) is 0. The fourth-order valence-electron chi connectivity index (χ4n) is 1.25. The van der Waals surface area contributed by atoms with Crippen molar-refractivity contribution in [3.05, 3.63) is 54.6 Å². The highest BCUT2D eigenvalue weighted by molar-refractivity contribution is 5.83. The predicted molar refractivity (Wildman–Crippen MR) is 52.9 cm³/mol. The first-order valence-electron chi connectivity index (χ1n) is 3.93. The van der Waals surface area contributed by atoms with E-state index >= 15 is 0 Å². The lowest BCUT2D eigenvalue weighted by atomic mass is 10.1. The van der Waals surface area contributed by atoms with Gasteiger partial charge in [0.25, 0.3) is 0 Å². The summed E-state index contributed by atoms with van der Waals surface area (Å²) in [4.78, 5) is 0. The molecule has 2 rings (SSSR count). The highest BCUT2D eigenvalue weighted by Gasteiger charge is 1.91. The molecular weight excluding hydrogens is 144 g/mol. The Balaban J connectivity index is 2.75. The molecule has 0 aliphatic carbocycles. The standard InChI is InChI=1S/C12H9/c1-2-10-7-8-11-5-3-4-6-12(11)9-10/h2-7,9H,1H2. The van der Waals surface area contributed by atoms with Gasteiger partial charge in [0.15, 0.2) is 0 Å². The Hall–Kier alpha value is -1.56. The average Bonchev–Trinajstić information content (AvgIpc) is 2.17. The lowest BCUT2D eigenvalue weighted by molar-refractivity contribution is 1.70. The van der Waals surface area contributed by atoms with Gasteiger partial charge in [0.2, 0.25) is 0 Å². The van der Waals surface area contributed by atoms with Gasteiger partial charge in [0.1, 0.15) is 0 Å². The van der Waals surface area contributed by atoms with Crippen LogP contribution >= 0.6 is 0 Å². The van der Waals surface area contributed by atoms with E-state index < -0.39 is 0 Å². The maximum atomic E-state index is 3.72. The van der Waals surface area contributed by atoms with Crippen molar-refractivity contribution >= 4 is 16.8 Å². The zero-order valence-electron chi connectivity index (χ0n) is 6.75. The first-order valence-corrected chi connectivity index (χ1v) is 3.93. The van der Waals surface area contributed by atoms with Gasteiger partial charge in [-0.1, -0.05) is 36.9 Å². The second kappa shape index (κ2) is 2.82. The van der Waals surface area contributed by atoms with Crippen molar-refractivity contribution in [2.75, 3.05) is 0 Å². The molecule has 0 heterocycles. The van der Waals surface area contributed by atoms with Gasteiger partial charge in [-0.25, -0.2) is 0 Å². The minimum absolute atomic E-state index is 1.12. The van der Waals surface area contributed by atoms with Crippen molar-refractivity contribution in [3.8, 4) is 0 Å². The SMILES string of the molecule is C=Cc1c[c]c2ccccc2c1. The molecule has 0 saturated carbocycles. The third kappa shape index (κ3) is 1.12. The highest BCUT2D eigenvalue weighted by Crippen LogP contribution is 2.15. The normalized spacial score (nSPS) is 10.0. The second-order valence-corrected chi connectivity index (χ2v) is 2.72. The molecule has 0 aliphatic heterocycles. The molecule has 0 spiro atoms. The van der Waals surface area contributed by atoms with E-state index in [0.29, 0.717) is 0 Å². The molecule has 0 atom stereocenters. The predicted octanol–water partition coefficient (Wildman–Crippen LogP) is 3.28. The molecule has 0 nitrogen and oxygen atoms in total. The van der Waals surface area contributed by atoms with Crippen molar-refractivity contribution in [3.63, 3.8) is 0 Å². The zero-order chi connectivity index (χ0) is 8.39. The van der Waals surface area contributed by atoms with Gasteiger partial charge in [0, 0.05) is 0 Å². The summed E-state index contributed by atoms with van der Waals surface area (Å²) in [6, 6.07) is 15.5. The quantitative estimate of drug-likeness (QED) is 0.589. The highest BCUT2D eigenvalue weighted by atomic mass is 14.0. The molecule has 0 heteroatoms. The molecule has 57 valence electrons. The third-order valence-corrected chi connectivity index (χ3v) is 1.91. The molecule has 0 fully saturated rings. The Morgan fingerprint density at radius 3 is 2.92 bits per heavy atom. The van der Waals surface area contributed by atoms with Gasteiger partial charge < -0.3 is 0 Å². The van der Waals surface area contributed by atoms with Crippen LogP contribution < -0.4 is 0 Å². The third-order valence-electron chi connectivity index (χ3n) is 1.91. The van der Waals surface area contributed by atoms with E-state index in [1.54, 1.807) is 0 Å². The van der Waals surface area contributed by atoms with Crippen molar-refractivity contribution in [1.82, 2.24) is 0 Å². The second-order valence-electron chi connectivity index (χ2n) is 2.72. The Bertz CT molecular complexity index is 413. The monoisotopic (exact) mass is 153 g/mol. The first-order chi connectivity index (χ1) is 5.90. The Morgan fingerprint density at radius 2 is 2.08 bits per heavy atom.